The van der Waals surface area contributed by atoms with Crippen LogP contribution in [0.2, 0.25) is 10.0 Å². The fourth-order valence-electron chi connectivity index (χ4n) is 2.53. The van der Waals surface area contributed by atoms with E-state index in [2.05, 4.69) is 10.0 Å². The maximum absolute atomic E-state index is 12.5. The highest BCUT2D eigenvalue weighted by molar-refractivity contribution is 7.94. The maximum Gasteiger partial charge on any atom is 0.342 e. The molecule has 0 aliphatic rings. The van der Waals surface area contributed by atoms with E-state index in [0.717, 1.165) is 23.5 Å². The number of anilines is 2. The molecule has 168 valence electrons. The van der Waals surface area contributed by atoms with Gasteiger partial charge in [-0.3, -0.25) is 9.52 Å². The lowest BCUT2D eigenvalue weighted by Gasteiger charge is -2.15. The first-order valence-corrected chi connectivity index (χ1v) is 12.0. The Morgan fingerprint density at radius 1 is 1.06 bits per heavy atom. The predicted molar refractivity (Wildman–Crippen MR) is 123 cm³/mol. The van der Waals surface area contributed by atoms with E-state index in [1.165, 1.54) is 37.3 Å². The van der Waals surface area contributed by atoms with Crippen molar-refractivity contribution in [3.8, 4) is 5.75 Å². The first kappa shape index (κ1) is 23.9. The number of benzene rings is 2. The normalized spacial score (nSPS) is 12.1. The molecule has 8 nitrogen and oxygen atoms in total. The standard InChI is InChI=1S/C20H16Cl2N2O6S2/c1-11(19(26)23-15-8-12(21)7-13(22)9-15)30-20(27)16-10-14(4-5-17(16)25)24-32(28,29)18-3-2-6-31-18/h2-11,24-25H,1H3,(H,23,26). The Hall–Kier alpha value is -2.79. The number of carbonyl (C=O) groups excluding carboxylic acids is 2. The first-order valence-electron chi connectivity index (χ1n) is 8.92. The second-order valence-corrected chi connectivity index (χ2v) is 10.2. The van der Waals surface area contributed by atoms with Crippen LogP contribution in [0, 0.1) is 0 Å². The van der Waals surface area contributed by atoms with Crippen LogP contribution in [0.1, 0.15) is 17.3 Å². The molecule has 0 aliphatic carbocycles. The second kappa shape index (κ2) is 9.78. The van der Waals surface area contributed by atoms with Crippen LogP contribution in [-0.4, -0.2) is 31.5 Å². The van der Waals surface area contributed by atoms with Gasteiger partial charge < -0.3 is 15.2 Å². The Morgan fingerprint density at radius 3 is 2.38 bits per heavy atom. The number of hydrogen-bond donors (Lipinski definition) is 3. The Balaban J connectivity index is 1.71. The topological polar surface area (TPSA) is 122 Å². The lowest BCUT2D eigenvalue weighted by Crippen LogP contribution is -2.30. The van der Waals surface area contributed by atoms with Gasteiger partial charge in [0.05, 0.1) is 0 Å². The largest absolute Gasteiger partial charge is 0.507 e. The van der Waals surface area contributed by atoms with E-state index in [1.807, 2.05) is 0 Å². The molecule has 0 radical (unpaired) electrons. The van der Waals surface area contributed by atoms with E-state index >= 15 is 0 Å². The summed E-state index contributed by atoms with van der Waals surface area (Å²) >= 11 is 12.8. The van der Waals surface area contributed by atoms with Crippen molar-refractivity contribution in [1.82, 2.24) is 0 Å². The van der Waals surface area contributed by atoms with E-state index in [-0.39, 0.29) is 15.5 Å². The number of ether oxygens (including phenoxy) is 1. The molecule has 1 unspecified atom stereocenters. The lowest BCUT2D eigenvalue weighted by molar-refractivity contribution is -0.123. The Morgan fingerprint density at radius 2 is 1.75 bits per heavy atom. The van der Waals surface area contributed by atoms with Gasteiger partial charge in [-0.1, -0.05) is 29.3 Å². The minimum absolute atomic E-state index is 0.0359. The number of aromatic hydroxyl groups is 1. The van der Waals surface area contributed by atoms with Crippen molar-refractivity contribution in [1.29, 1.82) is 0 Å². The van der Waals surface area contributed by atoms with Gasteiger partial charge in [-0.15, -0.1) is 11.3 Å². The number of esters is 1. The number of nitrogens with one attached hydrogen (secondary N) is 2. The smallest absolute Gasteiger partial charge is 0.342 e. The van der Waals surface area contributed by atoms with Crippen LogP contribution >= 0.6 is 34.5 Å². The summed E-state index contributed by atoms with van der Waals surface area (Å²) in [5.41, 5.74) is 0.0267. The SMILES string of the molecule is CC(OC(=O)c1cc(NS(=O)(=O)c2cccs2)ccc1O)C(=O)Nc1cc(Cl)cc(Cl)c1. The molecule has 1 atom stereocenters. The predicted octanol–water partition coefficient (Wildman–Crippen LogP) is 4.75. The van der Waals surface area contributed by atoms with E-state index in [1.54, 1.807) is 11.4 Å². The van der Waals surface area contributed by atoms with Crippen molar-refractivity contribution >= 4 is 67.8 Å². The molecule has 0 bridgehead atoms. The van der Waals surface area contributed by atoms with Gasteiger partial charge in [-0.25, -0.2) is 13.2 Å². The first-order chi connectivity index (χ1) is 15.0. The zero-order chi connectivity index (χ0) is 23.5. The molecule has 0 spiro atoms. The summed E-state index contributed by atoms with van der Waals surface area (Å²) < 4.78 is 32.3. The van der Waals surface area contributed by atoms with Gasteiger partial charge in [-0.05, 0) is 54.8 Å². The number of thiophene rings is 1. The summed E-state index contributed by atoms with van der Waals surface area (Å²) in [6, 6.07) is 11.0. The quantitative estimate of drug-likeness (QED) is 0.309. The number of rotatable bonds is 7. The van der Waals surface area contributed by atoms with Crippen molar-refractivity contribution < 1.29 is 27.9 Å². The third-order valence-corrected chi connectivity index (χ3v) is 7.23. The molecule has 0 saturated heterocycles. The van der Waals surface area contributed by atoms with Gasteiger partial charge in [-0.2, -0.15) is 0 Å². The summed E-state index contributed by atoms with van der Waals surface area (Å²) in [5, 5.41) is 14.8. The van der Waals surface area contributed by atoms with Gasteiger partial charge in [0.1, 0.15) is 15.5 Å². The molecule has 1 aromatic heterocycles. The van der Waals surface area contributed by atoms with E-state index in [0.29, 0.717) is 15.7 Å². The fourth-order valence-corrected chi connectivity index (χ4v) is 5.10. The van der Waals surface area contributed by atoms with Gasteiger partial charge in [0.15, 0.2) is 6.10 Å². The van der Waals surface area contributed by atoms with Crippen molar-refractivity contribution in [3.05, 3.63) is 69.5 Å². The highest BCUT2D eigenvalue weighted by Gasteiger charge is 2.23. The summed E-state index contributed by atoms with van der Waals surface area (Å²) in [6.45, 7) is 1.33. The number of phenols is 1. The molecule has 3 rings (SSSR count). The number of carbonyl (C=O) groups is 2. The summed E-state index contributed by atoms with van der Waals surface area (Å²) in [4.78, 5) is 24.9. The van der Waals surface area contributed by atoms with Crippen molar-refractivity contribution in [2.45, 2.75) is 17.2 Å². The van der Waals surface area contributed by atoms with Crippen molar-refractivity contribution in [2.75, 3.05) is 10.0 Å². The third kappa shape index (κ3) is 5.92. The molecule has 3 N–H and O–H groups in total. The van der Waals surface area contributed by atoms with Gasteiger partial charge >= 0.3 is 5.97 Å². The molecule has 0 saturated carbocycles. The summed E-state index contributed by atoms with van der Waals surface area (Å²) in [5.74, 6) is -2.12. The number of phenolic OH excluding ortho intramolecular Hbond substituents is 1. The van der Waals surface area contributed by atoms with Gasteiger partial charge in [0.2, 0.25) is 0 Å². The molecule has 1 heterocycles. The number of halogens is 2. The van der Waals surface area contributed by atoms with E-state index in [9.17, 15) is 23.1 Å². The molecule has 2 aromatic carbocycles. The highest BCUT2D eigenvalue weighted by Crippen LogP contribution is 2.26. The molecule has 3 aromatic rings. The van der Waals surface area contributed by atoms with Gasteiger partial charge in [0, 0.05) is 21.4 Å². The average Bonchev–Trinajstić information content (AvgIpc) is 3.24. The average molecular weight is 515 g/mol. The van der Waals surface area contributed by atoms with Crippen LogP contribution in [0.5, 0.6) is 5.75 Å². The maximum atomic E-state index is 12.5. The molecule has 0 fully saturated rings. The molecule has 12 heteroatoms. The van der Waals surface area contributed by atoms with Crippen LogP contribution in [0.15, 0.2) is 58.1 Å². The molecule has 32 heavy (non-hydrogen) atoms. The zero-order valence-corrected chi connectivity index (χ0v) is 19.5. The van der Waals surface area contributed by atoms with Crippen LogP contribution in [0.3, 0.4) is 0 Å². The van der Waals surface area contributed by atoms with Crippen LogP contribution in [-0.2, 0) is 19.6 Å². The molecule has 0 aliphatic heterocycles. The zero-order valence-electron chi connectivity index (χ0n) is 16.3. The van der Waals surface area contributed by atoms with Crippen molar-refractivity contribution in [3.63, 3.8) is 0 Å². The van der Waals surface area contributed by atoms with Crippen LogP contribution in [0.25, 0.3) is 0 Å². The van der Waals surface area contributed by atoms with Gasteiger partial charge in [0.25, 0.3) is 15.9 Å². The third-order valence-electron chi connectivity index (χ3n) is 4.01. The molecular formula is C20H16Cl2N2O6S2. The molecule has 1 amide bonds. The summed E-state index contributed by atoms with van der Waals surface area (Å²) in [7, 11) is -3.85. The number of hydrogen-bond acceptors (Lipinski definition) is 7. The van der Waals surface area contributed by atoms with E-state index < -0.39 is 33.8 Å². The Labute approximate surface area is 197 Å². The number of sulfonamides is 1. The lowest BCUT2D eigenvalue weighted by atomic mass is 10.2. The van der Waals surface area contributed by atoms with Crippen LogP contribution in [0.4, 0.5) is 11.4 Å². The fraction of sp³-hybridized carbons (Fsp3) is 0.100. The Bertz CT molecular complexity index is 1240. The van der Waals surface area contributed by atoms with Crippen LogP contribution < -0.4 is 10.0 Å². The Kier molecular flexibility index (Phi) is 7.29. The van der Waals surface area contributed by atoms with Crippen molar-refractivity contribution in [2.24, 2.45) is 0 Å². The van der Waals surface area contributed by atoms with E-state index in [4.69, 9.17) is 27.9 Å². The molecular weight excluding hydrogens is 499 g/mol. The summed E-state index contributed by atoms with van der Waals surface area (Å²) in [6.07, 6.45) is -1.24. The number of amides is 1. The minimum atomic E-state index is -3.85. The highest BCUT2D eigenvalue weighted by atomic mass is 35.5. The second-order valence-electron chi connectivity index (χ2n) is 6.46. The monoisotopic (exact) mass is 514 g/mol. The minimum Gasteiger partial charge on any atom is -0.507 e.